The molecule has 17 heavy (non-hydrogen) atoms. The van der Waals surface area contributed by atoms with E-state index in [0.29, 0.717) is 5.56 Å². The Morgan fingerprint density at radius 3 is 2.41 bits per heavy atom. The number of halogens is 2. The van der Waals surface area contributed by atoms with E-state index >= 15 is 0 Å². The van der Waals surface area contributed by atoms with E-state index in [1.54, 1.807) is 0 Å². The van der Waals surface area contributed by atoms with Gasteiger partial charge in [0.1, 0.15) is 0 Å². The van der Waals surface area contributed by atoms with Crippen LogP contribution < -0.4 is 5.43 Å². The van der Waals surface area contributed by atoms with E-state index in [1.807, 2.05) is 30.3 Å². The summed E-state index contributed by atoms with van der Waals surface area (Å²) in [7, 11) is 0. The molecule has 0 aromatic heterocycles. The maximum Gasteiger partial charge on any atom is 0.159 e. The number of para-hydroxylation sites is 1. The highest BCUT2D eigenvalue weighted by atomic mass is 19.2. The van der Waals surface area contributed by atoms with Gasteiger partial charge in [0.15, 0.2) is 11.6 Å². The van der Waals surface area contributed by atoms with Gasteiger partial charge in [0, 0.05) is 0 Å². The van der Waals surface area contributed by atoms with E-state index < -0.39 is 11.6 Å². The van der Waals surface area contributed by atoms with E-state index in [4.69, 9.17) is 0 Å². The van der Waals surface area contributed by atoms with Gasteiger partial charge in [0.2, 0.25) is 0 Å². The highest BCUT2D eigenvalue weighted by Gasteiger charge is 2.00. The third-order valence-electron chi connectivity index (χ3n) is 2.12. The third kappa shape index (κ3) is 3.11. The Morgan fingerprint density at radius 2 is 1.71 bits per heavy atom. The molecule has 0 aliphatic heterocycles. The Morgan fingerprint density at radius 1 is 0.941 bits per heavy atom. The fraction of sp³-hybridized carbons (Fsp3) is 0. The Balaban J connectivity index is 2.03. The maximum atomic E-state index is 12.9. The standard InChI is InChI=1S/C13H10F2N2/c14-12-7-6-10(8-13(12)15)9-16-17-11-4-2-1-3-5-11/h1-9,17H/b16-9+. The Kier molecular flexibility index (Phi) is 3.45. The number of hydrogen-bond donors (Lipinski definition) is 1. The molecule has 2 nitrogen and oxygen atoms in total. The number of anilines is 1. The Hall–Kier alpha value is -2.23. The van der Waals surface area contributed by atoms with Crippen molar-refractivity contribution in [2.45, 2.75) is 0 Å². The van der Waals surface area contributed by atoms with Crippen LogP contribution in [0.1, 0.15) is 5.56 Å². The van der Waals surface area contributed by atoms with Crippen molar-refractivity contribution >= 4 is 11.9 Å². The van der Waals surface area contributed by atoms with Gasteiger partial charge in [0.05, 0.1) is 11.9 Å². The fourth-order valence-electron chi connectivity index (χ4n) is 1.29. The number of rotatable bonds is 3. The minimum Gasteiger partial charge on any atom is -0.279 e. The van der Waals surface area contributed by atoms with Gasteiger partial charge in [-0.25, -0.2) is 8.78 Å². The first-order valence-electron chi connectivity index (χ1n) is 5.05. The quantitative estimate of drug-likeness (QED) is 0.636. The van der Waals surface area contributed by atoms with Crippen LogP contribution in [0.3, 0.4) is 0 Å². The van der Waals surface area contributed by atoms with Crippen LogP contribution in [0.2, 0.25) is 0 Å². The van der Waals surface area contributed by atoms with Gasteiger partial charge < -0.3 is 0 Å². The minimum absolute atomic E-state index is 0.493. The lowest BCUT2D eigenvalue weighted by atomic mass is 10.2. The molecule has 86 valence electrons. The van der Waals surface area contributed by atoms with Crippen LogP contribution in [0.15, 0.2) is 53.6 Å². The van der Waals surface area contributed by atoms with E-state index in [2.05, 4.69) is 10.5 Å². The summed E-state index contributed by atoms with van der Waals surface area (Å²) in [6.45, 7) is 0. The summed E-state index contributed by atoms with van der Waals surface area (Å²) in [5, 5.41) is 3.92. The number of hydrazone groups is 1. The summed E-state index contributed by atoms with van der Waals surface area (Å²) in [4.78, 5) is 0. The summed E-state index contributed by atoms with van der Waals surface area (Å²) >= 11 is 0. The van der Waals surface area contributed by atoms with Crippen molar-refractivity contribution < 1.29 is 8.78 Å². The van der Waals surface area contributed by atoms with Crippen molar-refractivity contribution in [1.29, 1.82) is 0 Å². The summed E-state index contributed by atoms with van der Waals surface area (Å²) in [5.41, 5.74) is 4.10. The first kappa shape index (κ1) is 11.3. The SMILES string of the molecule is Fc1ccc(/C=N/Nc2ccccc2)cc1F. The van der Waals surface area contributed by atoms with Crippen molar-refractivity contribution in [2.24, 2.45) is 5.10 Å². The summed E-state index contributed by atoms with van der Waals surface area (Å²) in [6, 6.07) is 12.9. The topological polar surface area (TPSA) is 24.4 Å². The van der Waals surface area contributed by atoms with E-state index in [0.717, 1.165) is 17.8 Å². The molecule has 0 bridgehead atoms. The van der Waals surface area contributed by atoms with Gasteiger partial charge in [0.25, 0.3) is 0 Å². The van der Waals surface area contributed by atoms with Crippen LogP contribution in [0.25, 0.3) is 0 Å². The van der Waals surface area contributed by atoms with Crippen LogP contribution >= 0.6 is 0 Å². The van der Waals surface area contributed by atoms with E-state index in [-0.39, 0.29) is 0 Å². The van der Waals surface area contributed by atoms with Crippen LogP contribution in [0.5, 0.6) is 0 Å². The van der Waals surface area contributed by atoms with Crippen molar-refractivity contribution in [3.05, 3.63) is 65.7 Å². The van der Waals surface area contributed by atoms with Crippen LogP contribution in [0.4, 0.5) is 14.5 Å². The summed E-state index contributed by atoms with van der Waals surface area (Å²) < 4.78 is 25.5. The number of nitrogens with zero attached hydrogens (tertiary/aromatic N) is 1. The zero-order valence-corrected chi connectivity index (χ0v) is 8.90. The van der Waals surface area contributed by atoms with Crippen molar-refractivity contribution in [3.8, 4) is 0 Å². The normalized spacial score (nSPS) is 10.7. The maximum absolute atomic E-state index is 12.9. The lowest BCUT2D eigenvalue weighted by Gasteiger charge is -1.98. The molecule has 0 saturated carbocycles. The predicted molar refractivity (Wildman–Crippen MR) is 64.0 cm³/mol. The third-order valence-corrected chi connectivity index (χ3v) is 2.12. The van der Waals surface area contributed by atoms with Crippen LogP contribution in [0, 0.1) is 11.6 Å². The van der Waals surface area contributed by atoms with Gasteiger partial charge >= 0.3 is 0 Å². The molecular weight excluding hydrogens is 222 g/mol. The molecule has 0 spiro atoms. The van der Waals surface area contributed by atoms with Crippen molar-refractivity contribution in [2.75, 3.05) is 5.43 Å². The average Bonchev–Trinajstić information content (AvgIpc) is 2.35. The minimum atomic E-state index is -0.881. The predicted octanol–water partition coefficient (Wildman–Crippen LogP) is 3.41. The second-order valence-corrected chi connectivity index (χ2v) is 3.41. The van der Waals surface area contributed by atoms with E-state index in [1.165, 1.54) is 12.3 Å². The molecule has 0 radical (unpaired) electrons. The molecule has 4 heteroatoms. The highest BCUT2D eigenvalue weighted by Crippen LogP contribution is 2.08. The van der Waals surface area contributed by atoms with Crippen LogP contribution in [-0.4, -0.2) is 6.21 Å². The molecule has 0 fully saturated rings. The van der Waals surface area contributed by atoms with Crippen molar-refractivity contribution in [1.82, 2.24) is 0 Å². The summed E-state index contributed by atoms with van der Waals surface area (Å²) in [6.07, 6.45) is 1.43. The highest BCUT2D eigenvalue weighted by molar-refractivity contribution is 5.80. The molecule has 0 amide bonds. The molecule has 0 heterocycles. The second kappa shape index (κ2) is 5.21. The van der Waals surface area contributed by atoms with Gasteiger partial charge in [-0.3, -0.25) is 5.43 Å². The molecule has 0 unspecified atom stereocenters. The number of nitrogens with one attached hydrogen (secondary N) is 1. The molecule has 2 rings (SSSR count). The second-order valence-electron chi connectivity index (χ2n) is 3.41. The molecule has 2 aromatic rings. The number of hydrogen-bond acceptors (Lipinski definition) is 2. The van der Waals surface area contributed by atoms with Gasteiger partial charge in [-0.05, 0) is 29.8 Å². The largest absolute Gasteiger partial charge is 0.279 e. The molecule has 0 aliphatic rings. The lowest BCUT2D eigenvalue weighted by molar-refractivity contribution is 0.508. The average molecular weight is 232 g/mol. The number of benzene rings is 2. The Labute approximate surface area is 97.6 Å². The zero-order chi connectivity index (χ0) is 12.1. The summed E-state index contributed by atoms with van der Waals surface area (Å²) in [5.74, 6) is -1.74. The molecule has 1 N–H and O–H groups in total. The zero-order valence-electron chi connectivity index (χ0n) is 8.90. The molecule has 0 saturated heterocycles. The molecular formula is C13H10F2N2. The molecule has 0 aliphatic carbocycles. The van der Waals surface area contributed by atoms with Gasteiger partial charge in [-0.1, -0.05) is 24.3 Å². The van der Waals surface area contributed by atoms with Gasteiger partial charge in [-0.15, -0.1) is 0 Å². The lowest BCUT2D eigenvalue weighted by Crippen LogP contribution is -1.92. The first-order valence-corrected chi connectivity index (χ1v) is 5.05. The van der Waals surface area contributed by atoms with E-state index in [9.17, 15) is 8.78 Å². The first-order chi connectivity index (χ1) is 8.25. The van der Waals surface area contributed by atoms with Crippen LogP contribution in [-0.2, 0) is 0 Å². The Bertz CT molecular complexity index is 524. The monoisotopic (exact) mass is 232 g/mol. The van der Waals surface area contributed by atoms with Gasteiger partial charge in [-0.2, -0.15) is 5.10 Å². The van der Waals surface area contributed by atoms with Crippen molar-refractivity contribution in [3.63, 3.8) is 0 Å². The smallest absolute Gasteiger partial charge is 0.159 e. The molecule has 0 atom stereocenters. The molecule has 2 aromatic carbocycles. The fourth-order valence-corrected chi connectivity index (χ4v) is 1.29.